The monoisotopic (exact) mass is 596 g/mol. The quantitative estimate of drug-likeness (QED) is 0.161. The number of azo groups is 1. The van der Waals surface area contributed by atoms with Gasteiger partial charge in [0.1, 0.15) is 30.5 Å². The van der Waals surface area contributed by atoms with Crippen molar-refractivity contribution in [1.82, 2.24) is 4.37 Å². The number of aromatic nitrogens is 1. The maximum Gasteiger partial charge on any atom is 0.307 e. The SMILES string of the molecule is Cc1nsc(N=Nc2ccc(N(CCOC(=O)CCCl)CCOC(=O)CCCl)cc2NC(=O)C(C)C)c1C#N. The van der Waals surface area contributed by atoms with Crippen molar-refractivity contribution >= 4 is 74.6 Å². The van der Waals surface area contributed by atoms with Crippen LogP contribution in [-0.2, 0) is 23.9 Å². The van der Waals surface area contributed by atoms with E-state index in [1.807, 2.05) is 4.90 Å². The molecule has 1 heterocycles. The summed E-state index contributed by atoms with van der Waals surface area (Å²) in [7, 11) is 0. The van der Waals surface area contributed by atoms with E-state index in [0.717, 1.165) is 11.5 Å². The van der Waals surface area contributed by atoms with Crippen LogP contribution in [0.3, 0.4) is 0 Å². The first-order chi connectivity index (χ1) is 18.7. The van der Waals surface area contributed by atoms with Crippen molar-refractivity contribution in [3.05, 3.63) is 29.5 Å². The summed E-state index contributed by atoms with van der Waals surface area (Å²) in [6, 6.07) is 7.20. The van der Waals surface area contributed by atoms with Gasteiger partial charge in [-0.2, -0.15) is 9.64 Å². The lowest BCUT2D eigenvalue weighted by Crippen LogP contribution is -2.32. The summed E-state index contributed by atoms with van der Waals surface area (Å²) in [6.45, 7) is 5.94. The first-order valence-corrected chi connectivity index (χ1v) is 14.0. The first kappa shape index (κ1) is 31.9. The second-order valence-electron chi connectivity index (χ2n) is 8.41. The van der Waals surface area contributed by atoms with Crippen LogP contribution in [-0.4, -0.2) is 60.3 Å². The summed E-state index contributed by atoms with van der Waals surface area (Å²) in [4.78, 5) is 37.9. The molecule has 0 aliphatic carbocycles. The van der Waals surface area contributed by atoms with Crippen molar-refractivity contribution < 1.29 is 23.9 Å². The van der Waals surface area contributed by atoms with Gasteiger partial charge in [-0.05, 0) is 36.7 Å². The standard InChI is InChI=1S/C25H30Cl2N6O5S/c1-16(2)24(36)29-21-14-18(4-5-20(21)30-31-25-19(15-28)17(3)32-39-25)33(10-12-37-22(34)6-8-26)11-13-38-23(35)7-9-27/h4-5,14,16H,6-13H2,1-3H3,(H,29,36). The molecule has 11 nitrogen and oxygen atoms in total. The molecule has 1 amide bonds. The maximum absolute atomic E-state index is 12.6. The van der Waals surface area contributed by atoms with E-state index < -0.39 is 11.9 Å². The first-order valence-electron chi connectivity index (χ1n) is 12.1. The molecule has 0 saturated carbocycles. The fourth-order valence-electron chi connectivity index (χ4n) is 3.05. The Hall–Kier alpha value is -3.27. The minimum atomic E-state index is -0.422. The molecule has 2 aromatic rings. The van der Waals surface area contributed by atoms with Crippen LogP contribution in [0.5, 0.6) is 0 Å². The van der Waals surface area contributed by atoms with Crippen molar-refractivity contribution in [3.63, 3.8) is 0 Å². The molecular weight excluding hydrogens is 567 g/mol. The summed E-state index contributed by atoms with van der Waals surface area (Å²) in [6.07, 6.45) is 0.185. The molecule has 1 N–H and O–H groups in total. The summed E-state index contributed by atoms with van der Waals surface area (Å²) in [5.41, 5.74) is 2.31. The highest BCUT2D eigenvalue weighted by Crippen LogP contribution is 2.34. The smallest absolute Gasteiger partial charge is 0.307 e. The Morgan fingerprint density at radius 3 is 2.26 bits per heavy atom. The van der Waals surface area contributed by atoms with E-state index in [0.29, 0.717) is 33.3 Å². The molecule has 0 spiro atoms. The molecule has 0 unspecified atom stereocenters. The van der Waals surface area contributed by atoms with Crippen LogP contribution in [0.4, 0.5) is 22.1 Å². The summed E-state index contributed by atoms with van der Waals surface area (Å²) in [5, 5.41) is 21.0. The predicted octanol–water partition coefficient (Wildman–Crippen LogP) is 5.48. The highest BCUT2D eigenvalue weighted by molar-refractivity contribution is 7.10. The minimum Gasteiger partial charge on any atom is -0.464 e. The van der Waals surface area contributed by atoms with E-state index in [-0.39, 0.29) is 62.7 Å². The molecule has 210 valence electrons. The molecule has 0 fully saturated rings. The highest BCUT2D eigenvalue weighted by atomic mass is 35.5. The molecule has 1 aromatic heterocycles. The summed E-state index contributed by atoms with van der Waals surface area (Å²) in [5.74, 6) is -1.06. The van der Waals surface area contributed by atoms with Gasteiger partial charge in [0.05, 0.1) is 37.3 Å². The molecule has 1 aromatic carbocycles. The van der Waals surface area contributed by atoms with Gasteiger partial charge < -0.3 is 19.7 Å². The van der Waals surface area contributed by atoms with Crippen LogP contribution < -0.4 is 10.2 Å². The lowest BCUT2D eigenvalue weighted by atomic mass is 10.1. The van der Waals surface area contributed by atoms with Gasteiger partial charge in [-0.3, -0.25) is 14.4 Å². The normalized spacial score (nSPS) is 10.9. The Morgan fingerprint density at radius 1 is 1.10 bits per heavy atom. The average Bonchev–Trinajstić information content (AvgIpc) is 3.26. The molecule has 0 saturated heterocycles. The van der Waals surface area contributed by atoms with Crippen LogP contribution in [0.25, 0.3) is 0 Å². The average molecular weight is 598 g/mol. The van der Waals surface area contributed by atoms with Crippen LogP contribution in [0.15, 0.2) is 28.4 Å². The topological polar surface area (TPSA) is 146 Å². The Bertz CT molecular complexity index is 1190. The number of nitrogens with one attached hydrogen (secondary N) is 1. The van der Waals surface area contributed by atoms with E-state index in [1.165, 1.54) is 0 Å². The number of anilines is 2. The lowest BCUT2D eigenvalue weighted by molar-refractivity contribution is -0.143. The molecule has 0 radical (unpaired) electrons. The van der Waals surface area contributed by atoms with Crippen molar-refractivity contribution in [2.45, 2.75) is 33.6 Å². The predicted molar refractivity (Wildman–Crippen MR) is 150 cm³/mol. The zero-order valence-electron chi connectivity index (χ0n) is 21.9. The maximum atomic E-state index is 12.6. The number of amides is 1. The zero-order chi connectivity index (χ0) is 28.8. The van der Waals surface area contributed by atoms with E-state index in [1.54, 1.807) is 39.0 Å². The van der Waals surface area contributed by atoms with Gasteiger partial charge in [-0.25, -0.2) is 0 Å². The number of hydrogen-bond acceptors (Lipinski definition) is 11. The second-order valence-corrected chi connectivity index (χ2v) is 9.92. The molecule has 39 heavy (non-hydrogen) atoms. The van der Waals surface area contributed by atoms with Gasteiger partial charge in [-0.1, -0.05) is 13.8 Å². The molecular formula is C25H30Cl2N6O5S. The number of halogens is 2. The van der Waals surface area contributed by atoms with E-state index >= 15 is 0 Å². The van der Waals surface area contributed by atoms with Crippen LogP contribution in [0.2, 0.25) is 0 Å². The van der Waals surface area contributed by atoms with Crippen LogP contribution >= 0.6 is 34.7 Å². The van der Waals surface area contributed by atoms with Gasteiger partial charge >= 0.3 is 11.9 Å². The number of esters is 2. The number of carbonyl (C=O) groups excluding carboxylic acids is 3. The molecule has 0 atom stereocenters. The number of ether oxygens (including phenoxy) is 2. The Balaban J connectivity index is 2.35. The minimum absolute atomic E-state index is 0.0716. The van der Waals surface area contributed by atoms with Crippen LogP contribution in [0, 0.1) is 24.2 Å². The van der Waals surface area contributed by atoms with Gasteiger partial charge in [-0.15, -0.1) is 33.4 Å². The van der Waals surface area contributed by atoms with Crippen molar-refractivity contribution in [1.29, 1.82) is 5.26 Å². The number of benzene rings is 1. The number of carbonyl (C=O) groups is 3. The molecule has 2 rings (SSSR count). The number of aryl methyl sites for hydroxylation is 1. The third-order valence-corrected chi connectivity index (χ3v) is 6.38. The van der Waals surface area contributed by atoms with E-state index in [4.69, 9.17) is 32.7 Å². The number of nitriles is 1. The number of rotatable bonds is 15. The fraction of sp³-hybridized carbons (Fsp3) is 0.480. The Kier molecular flexibility index (Phi) is 13.6. The summed E-state index contributed by atoms with van der Waals surface area (Å²) >= 11 is 12.2. The molecule has 0 aliphatic heterocycles. The number of hydrogen-bond donors (Lipinski definition) is 1. The number of nitrogens with zero attached hydrogens (tertiary/aromatic N) is 5. The molecule has 0 aliphatic rings. The van der Waals surface area contributed by atoms with Crippen LogP contribution in [0.1, 0.15) is 37.9 Å². The van der Waals surface area contributed by atoms with E-state index in [9.17, 15) is 19.6 Å². The number of alkyl halides is 2. The van der Waals surface area contributed by atoms with Crippen molar-refractivity contribution in [2.75, 3.05) is 48.3 Å². The molecule has 14 heteroatoms. The molecule has 0 bridgehead atoms. The third kappa shape index (κ3) is 10.4. The fourth-order valence-corrected chi connectivity index (χ4v) is 4.03. The van der Waals surface area contributed by atoms with Gasteiger partial charge in [0, 0.05) is 23.4 Å². The van der Waals surface area contributed by atoms with Crippen molar-refractivity contribution in [2.24, 2.45) is 16.1 Å². The Labute approximate surface area is 241 Å². The van der Waals surface area contributed by atoms with Gasteiger partial charge in [0.15, 0.2) is 5.00 Å². The van der Waals surface area contributed by atoms with Gasteiger partial charge in [0.2, 0.25) is 5.91 Å². The lowest BCUT2D eigenvalue weighted by Gasteiger charge is -2.25. The summed E-state index contributed by atoms with van der Waals surface area (Å²) < 4.78 is 14.6. The highest BCUT2D eigenvalue weighted by Gasteiger charge is 2.16. The van der Waals surface area contributed by atoms with Gasteiger partial charge in [0.25, 0.3) is 0 Å². The largest absolute Gasteiger partial charge is 0.464 e. The van der Waals surface area contributed by atoms with E-state index in [2.05, 4.69) is 26.0 Å². The zero-order valence-corrected chi connectivity index (χ0v) is 24.2. The van der Waals surface area contributed by atoms with Crippen molar-refractivity contribution in [3.8, 4) is 6.07 Å². The second kappa shape index (κ2) is 16.6. The Morgan fingerprint density at radius 2 is 1.72 bits per heavy atom. The third-order valence-electron chi connectivity index (χ3n) is 5.18.